The molecule has 1 atom stereocenters. The number of piperazine rings is 1. The lowest BCUT2D eigenvalue weighted by Crippen LogP contribution is -2.49. The summed E-state index contributed by atoms with van der Waals surface area (Å²) in [4.78, 5) is 15.8. The summed E-state index contributed by atoms with van der Waals surface area (Å²) in [5.41, 5.74) is 13.4. The van der Waals surface area contributed by atoms with Crippen LogP contribution in [0, 0.1) is 0 Å². The quantitative estimate of drug-likeness (QED) is 0.778. The van der Waals surface area contributed by atoms with Crippen LogP contribution in [0.4, 0.5) is 5.69 Å². The minimum atomic E-state index is -0.439. The first-order valence-corrected chi connectivity index (χ1v) is 6.58. The topological polar surface area (TPSA) is 75.6 Å². The van der Waals surface area contributed by atoms with E-state index in [1.54, 1.807) is 12.1 Å². The largest absolute Gasteiger partial charge is 0.398 e. The molecule has 1 aromatic carbocycles. The first-order chi connectivity index (χ1) is 8.97. The lowest BCUT2D eigenvalue weighted by Gasteiger charge is -2.38. The Hall–Kier alpha value is -1.59. The zero-order valence-corrected chi connectivity index (χ0v) is 11.6. The van der Waals surface area contributed by atoms with Crippen molar-refractivity contribution in [3.63, 3.8) is 0 Å². The van der Waals surface area contributed by atoms with E-state index in [0.29, 0.717) is 17.3 Å². The van der Waals surface area contributed by atoms with Gasteiger partial charge in [-0.2, -0.15) is 0 Å². The van der Waals surface area contributed by atoms with E-state index in [1.165, 1.54) is 0 Å². The standard InChI is InChI=1S/C14H22N4O/c1-10-8-17(2)5-6-18(10)9-12-4-3-11(14(16)19)7-13(12)15/h3-4,7,10H,5-6,8-9,15H2,1-2H3,(H2,16,19). The van der Waals surface area contributed by atoms with E-state index in [1.807, 2.05) is 6.07 Å². The van der Waals surface area contributed by atoms with Gasteiger partial charge in [-0.15, -0.1) is 0 Å². The van der Waals surface area contributed by atoms with Crippen molar-refractivity contribution in [3.8, 4) is 0 Å². The molecule has 5 heteroatoms. The summed E-state index contributed by atoms with van der Waals surface area (Å²) in [5.74, 6) is -0.439. The summed E-state index contributed by atoms with van der Waals surface area (Å²) < 4.78 is 0. The van der Waals surface area contributed by atoms with E-state index in [2.05, 4.69) is 23.8 Å². The Bertz CT molecular complexity index is 475. The fraction of sp³-hybridized carbons (Fsp3) is 0.500. The Balaban J connectivity index is 2.09. The molecule has 0 spiro atoms. The van der Waals surface area contributed by atoms with Crippen molar-refractivity contribution in [1.82, 2.24) is 9.80 Å². The molecule has 2 rings (SSSR count). The minimum absolute atomic E-state index is 0.439. The summed E-state index contributed by atoms with van der Waals surface area (Å²) in [7, 11) is 2.14. The van der Waals surface area contributed by atoms with Crippen LogP contribution in [-0.2, 0) is 6.54 Å². The van der Waals surface area contributed by atoms with Gasteiger partial charge in [-0.1, -0.05) is 6.07 Å². The number of hydrogen-bond acceptors (Lipinski definition) is 4. The molecular formula is C14H22N4O. The molecule has 0 radical (unpaired) electrons. The number of benzene rings is 1. The highest BCUT2D eigenvalue weighted by atomic mass is 16.1. The number of amides is 1. The van der Waals surface area contributed by atoms with Gasteiger partial charge in [0.1, 0.15) is 0 Å². The third-order valence-corrected chi connectivity index (χ3v) is 3.77. The van der Waals surface area contributed by atoms with Crippen LogP contribution in [0.1, 0.15) is 22.8 Å². The Labute approximate surface area is 114 Å². The molecule has 1 aliphatic heterocycles. The van der Waals surface area contributed by atoms with Gasteiger partial charge >= 0.3 is 0 Å². The summed E-state index contributed by atoms with van der Waals surface area (Å²) in [6.45, 7) is 6.22. The van der Waals surface area contributed by atoms with Crippen LogP contribution in [0.25, 0.3) is 0 Å². The molecule has 0 aliphatic carbocycles. The maximum Gasteiger partial charge on any atom is 0.248 e. The highest BCUT2D eigenvalue weighted by Crippen LogP contribution is 2.19. The molecule has 1 aliphatic rings. The average Bonchev–Trinajstić information content (AvgIpc) is 2.34. The number of carbonyl (C=O) groups is 1. The first kappa shape index (κ1) is 13.8. The smallest absolute Gasteiger partial charge is 0.248 e. The predicted octanol–water partition coefficient (Wildman–Crippen LogP) is 0.504. The number of nitrogens with zero attached hydrogens (tertiary/aromatic N) is 2. The molecule has 1 fully saturated rings. The highest BCUT2D eigenvalue weighted by molar-refractivity contribution is 5.93. The third kappa shape index (κ3) is 3.24. The van der Waals surface area contributed by atoms with Gasteiger partial charge in [0.05, 0.1) is 0 Å². The second kappa shape index (κ2) is 5.59. The van der Waals surface area contributed by atoms with Crippen molar-refractivity contribution in [2.75, 3.05) is 32.4 Å². The lowest BCUT2D eigenvalue weighted by molar-refractivity contribution is 0.0939. The monoisotopic (exact) mass is 262 g/mol. The van der Waals surface area contributed by atoms with Crippen LogP contribution in [0.2, 0.25) is 0 Å². The molecule has 0 saturated carbocycles. The van der Waals surface area contributed by atoms with Gasteiger partial charge in [0.25, 0.3) is 0 Å². The Morgan fingerprint density at radius 3 is 2.74 bits per heavy atom. The average molecular weight is 262 g/mol. The summed E-state index contributed by atoms with van der Waals surface area (Å²) >= 11 is 0. The van der Waals surface area contributed by atoms with Gasteiger partial charge in [-0.05, 0) is 31.7 Å². The molecule has 1 aromatic rings. The Morgan fingerprint density at radius 1 is 1.42 bits per heavy atom. The Morgan fingerprint density at radius 2 is 2.16 bits per heavy atom. The van der Waals surface area contributed by atoms with Crippen molar-refractivity contribution in [1.29, 1.82) is 0 Å². The number of rotatable bonds is 3. The molecule has 0 bridgehead atoms. The molecule has 104 valence electrons. The van der Waals surface area contributed by atoms with Crippen LogP contribution < -0.4 is 11.5 Å². The number of likely N-dealkylation sites (N-methyl/N-ethyl adjacent to an activating group) is 1. The maximum atomic E-state index is 11.1. The fourth-order valence-electron chi connectivity index (χ4n) is 2.52. The zero-order valence-electron chi connectivity index (χ0n) is 11.6. The van der Waals surface area contributed by atoms with E-state index in [9.17, 15) is 4.79 Å². The lowest BCUT2D eigenvalue weighted by atomic mass is 10.1. The number of nitrogen functional groups attached to an aromatic ring is 1. The molecule has 1 heterocycles. The minimum Gasteiger partial charge on any atom is -0.398 e. The number of primary amides is 1. The van der Waals surface area contributed by atoms with Crippen molar-refractivity contribution in [3.05, 3.63) is 29.3 Å². The second-order valence-electron chi connectivity index (χ2n) is 5.36. The maximum absolute atomic E-state index is 11.1. The third-order valence-electron chi connectivity index (χ3n) is 3.77. The van der Waals surface area contributed by atoms with Crippen molar-refractivity contribution in [2.45, 2.75) is 19.5 Å². The zero-order chi connectivity index (χ0) is 14.0. The van der Waals surface area contributed by atoms with Crippen molar-refractivity contribution >= 4 is 11.6 Å². The molecule has 1 saturated heterocycles. The van der Waals surface area contributed by atoms with E-state index >= 15 is 0 Å². The molecule has 0 aromatic heterocycles. The van der Waals surface area contributed by atoms with E-state index in [0.717, 1.165) is 31.7 Å². The van der Waals surface area contributed by atoms with Gasteiger partial charge in [0, 0.05) is 43.5 Å². The van der Waals surface area contributed by atoms with Gasteiger partial charge in [0.2, 0.25) is 5.91 Å². The van der Waals surface area contributed by atoms with Crippen LogP contribution >= 0.6 is 0 Å². The normalized spacial score (nSPS) is 21.5. The van der Waals surface area contributed by atoms with Crippen LogP contribution in [0.5, 0.6) is 0 Å². The molecule has 1 unspecified atom stereocenters. The molecular weight excluding hydrogens is 240 g/mol. The molecule has 19 heavy (non-hydrogen) atoms. The SMILES string of the molecule is CC1CN(C)CCN1Cc1ccc(C(N)=O)cc1N. The first-order valence-electron chi connectivity index (χ1n) is 6.58. The summed E-state index contributed by atoms with van der Waals surface area (Å²) in [5, 5.41) is 0. The van der Waals surface area contributed by atoms with E-state index < -0.39 is 5.91 Å². The number of anilines is 1. The number of hydrogen-bond donors (Lipinski definition) is 2. The van der Waals surface area contributed by atoms with Gasteiger partial charge < -0.3 is 16.4 Å². The van der Waals surface area contributed by atoms with E-state index in [-0.39, 0.29) is 0 Å². The molecule has 1 amide bonds. The highest BCUT2D eigenvalue weighted by Gasteiger charge is 2.21. The van der Waals surface area contributed by atoms with E-state index in [4.69, 9.17) is 11.5 Å². The second-order valence-corrected chi connectivity index (χ2v) is 5.36. The van der Waals surface area contributed by atoms with Crippen molar-refractivity contribution in [2.24, 2.45) is 5.73 Å². The molecule has 5 nitrogen and oxygen atoms in total. The van der Waals surface area contributed by atoms with Crippen LogP contribution in [0.3, 0.4) is 0 Å². The Kier molecular flexibility index (Phi) is 4.07. The summed E-state index contributed by atoms with van der Waals surface area (Å²) in [6.07, 6.45) is 0. The van der Waals surface area contributed by atoms with Crippen LogP contribution in [-0.4, -0.2) is 48.4 Å². The molecule has 4 N–H and O–H groups in total. The van der Waals surface area contributed by atoms with Gasteiger partial charge in [-0.3, -0.25) is 9.69 Å². The van der Waals surface area contributed by atoms with Crippen LogP contribution in [0.15, 0.2) is 18.2 Å². The van der Waals surface area contributed by atoms with Crippen molar-refractivity contribution < 1.29 is 4.79 Å². The fourth-order valence-corrected chi connectivity index (χ4v) is 2.52. The summed E-state index contributed by atoms with van der Waals surface area (Å²) in [6, 6.07) is 5.82. The number of nitrogens with two attached hydrogens (primary N) is 2. The number of carbonyl (C=O) groups excluding carboxylic acids is 1. The predicted molar refractivity (Wildman–Crippen MR) is 76.7 cm³/mol. The van der Waals surface area contributed by atoms with Gasteiger partial charge in [0.15, 0.2) is 0 Å². The van der Waals surface area contributed by atoms with Gasteiger partial charge in [-0.25, -0.2) is 0 Å².